The zero-order valence-corrected chi connectivity index (χ0v) is 29.4. The number of hydrogen-bond donors (Lipinski definition) is 5. The molecular weight excluding hydrogens is 712 g/mol. The average molecular weight is 745 g/mol. The van der Waals surface area contributed by atoms with Crippen molar-refractivity contribution in [2.45, 2.75) is 56.7 Å². The number of piperidine rings is 1. The number of fused-ring (bicyclic) bond motifs is 1. The van der Waals surface area contributed by atoms with Gasteiger partial charge in [-0.25, -0.2) is 14.8 Å². The number of carbonyl (C=O) groups is 6. The van der Waals surface area contributed by atoms with Crippen molar-refractivity contribution in [1.82, 2.24) is 25.5 Å². The number of amides is 7. The molecule has 2 aromatic heterocycles. The van der Waals surface area contributed by atoms with Crippen molar-refractivity contribution >= 4 is 64.2 Å². The largest absolute Gasteiger partial charge is 0.382 e. The fourth-order valence-corrected chi connectivity index (χ4v) is 6.90. The Hall–Kier alpha value is -6.59. The molecular formula is C39H33ClN8O6. The molecule has 4 heterocycles. The summed E-state index contributed by atoms with van der Waals surface area (Å²) in [6.45, 7) is 0. The first-order valence-electron chi connectivity index (χ1n) is 17.3. The van der Waals surface area contributed by atoms with Crippen LogP contribution in [0.3, 0.4) is 0 Å². The van der Waals surface area contributed by atoms with Crippen molar-refractivity contribution in [2.75, 3.05) is 16.0 Å². The number of hydrogen-bond acceptors (Lipinski definition) is 9. The van der Waals surface area contributed by atoms with Gasteiger partial charge in [0.05, 0.1) is 11.1 Å². The van der Waals surface area contributed by atoms with Gasteiger partial charge in [0.15, 0.2) is 0 Å². The first kappa shape index (κ1) is 35.8. The van der Waals surface area contributed by atoms with Gasteiger partial charge < -0.3 is 21.3 Å². The Kier molecular flexibility index (Phi) is 10.3. The predicted octanol–water partition coefficient (Wildman–Crippen LogP) is 4.73. The highest BCUT2D eigenvalue weighted by Crippen LogP contribution is 2.34. The topological polar surface area (TPSA) is 192 Å². The van der Waals surface area contributed by atoms with E-state index in [0.717, 1.165) is 4.90 Å². The summed E-state index contributed by atoms with van der Waals surface area (Å²) in [5.41, 5.74) is 3.42. The van der Waals surface area contributed by atoms with Gasteiger partial charge in [-0.05, 0) is 92.6 Å². The lowest BCUT2D eigenvalue weighted by Crippen LogP contribution is -2.54. The summed E-state index contributed by atoms with van der Waals surface area (Å²) in [6, 6.07) is 16.8. The second-order valence-corrected chi connectivity index (χ2v) is 13.4. The van der Waals surface area contributed by atoms with Gasteiger partial charge in [-0.3, -0.25) is 34.2 Å². The van der Waals surface area contributed by atoms with Crippen LogP contribution in [0.5, 0.6) is 0 Å². The highest BCUT2D eigenvalue weighted by atomic mass is 35.5. The number of nitrogens with zero attached hydrogens (tertiary/aromatic N) is 3. The van der Waals surface area contributed by atoms with Crippen LogP contribution in [0.4, 0.5) is 21.9 Å². The van der Waals surface area contributed by atoms with Crippen LogP contribution < -0.4 is 26.6 Å². The minimum Gasteiger partial charge on any atom is -0.382 e. The SMILES string of the molecule is O=C1CCC(N2C(=O)c3cccc(NC4CCC(NC(=O)c5cccc(C#Cc6cc(NC(=O)Nc7ccnc(Cl)c7)ccn6)c5)CC4)c3C2=O)C(=O)N1. The Morgan fingerprint density at radius 3 is 2.28 bits per heavy atom. The molecule has 7 amide bonds. The van der Waals surface area contributed by atoms with Crippen molar-refractivity contribution in [2.24, 2.45) is 0 Å². The highest BCUT2D eigenvalue weighted by molar-refractivity contribution is 6.29. The van der Waals surface area contributed by atoms with Crippen molar-refractivity contribution in [3.8, 4) is 11.8 Å². The first-order chi connectivity index (χ1) is 26.1. The van der Waals surface area contributed by atoms with E-state index < -0.39 is 35.7 Å². The normalized spacial score (nSPS) is 19.2. The molecule has 1 saturated carbocycles. The first-order valence-corrected chi connectivity index (χ1v) is 17.7. The standard InChI is InChI=1S/C39H33ClN8O6/c40-32-21-28(16-18-42-32)46-39(54)45-27-15-17-41-26(20-27)8-7-22-3-1-4-23(19-22)35(50)44-25-11-9-24(10-12-25)43-30-6-2-5-29-34(30)38(53)48(37(29)52)31-13-14-33(49)47-36(31)51/h1-6,15-21,24-25,31,43H,9-14H2,(H,44,50)(H,47,49,51)(H2,41,42,45,46,54). The third-order valence-electron chi connectivity index (χ3n) is 9.35. The number of anilines is 3. The Balaban J connectivity index is 0.921. The van der Waals surface area contributed by atoms with Gasteiger partial charge >= 0.3 is 6.03 Å². The molecule has 2 aromatic carbocycles. The van der Waals surface area contributed by atoms with Gasteiger partial charge in [-0.2, -0.15) is 0 Å². The molecule has 0 bridgehead atoms. The molecule has 1 aliphatic carbocycles. The molecule has 272 valence electrons. The maximum Gasteiger partial charge on any atom is 0.323 e. The number of benzene rings is 2. The number of nitrogens with one attached hydrogen (secondary N) is 5. The van der Waals surface area contributed by atoms with Gasteiger partial charge in [0.2, 0.25) is 11.8 Å². The third kappa shape index (κ3) is 8.06. The fraction of sp³-hybridized carbons (Fsp3) is 0.231. The van der Waals surface area contributed by atoms with Gasteiger partial charge in [0.1, 0.15) is 16.9 Å². The molecule has 0 radical (unpaired) electrons. The average Bonchev–Trinajstić information content (AvgIpc) is 3.41. The Morgan fingerprint density at radius 1 is 0.796 bits per heavy atom. The summed E-state index contributed by atoms with van der Waals surface area (Å²) in [5, 5.41) is 14.4. The van der Waals surface area contributed by atoms with Crippen LogP contribution in [-0.4, -0.2) is 68.6 Å². The quantitative estimate of drug-likeness (QED) is 0.101. The lowest BCUT2D eigenvalue weighted by molar-refractivity contribution is -0.136. The van der Waals surface area contributed by atoms with Crippen LogP contribution in [-0.2, 0) is 9.59 Å². The van der Waals surface area contributed by atoms with E-state index in [9.17, 15) is 28.8 Å². The monoisotopic (exact) mass is 744 g/mol. The second kappa shape index (κ2) is 15.6. The summed E-state index contributed by atoms with van der Waals surface area (Å²) in [6.07, 6.45) is 5.95. The van der Waals surface area contributed by atoms with Crippen LogP contribution in [0.15, 0.2) is 79.1 Å². The van der Waals surface area contributed by atoms with Crippen LogP contribution >= 0.6 is 11.6 Å². The lowest BCUT2D eigenvalue weighted by Gasteiger charge is -2.31. The van der Waals surface area contributed by atoms with E-state index in [1.165, 1.54) is 18.5 Å². The van der Waals surface area contributed by atoms with E-state index in [4.69, 9.17) is 11.6 Å². The third-order valence-corrected chi connectivity index (χ3v) is 9.56. The maximum atomic E-state index is 13.5. The second-order valence-electron chi connectivity index (χ2n) is 13.0. The number of pyridine rings is 2. The summed E-state index contributed by atoms with van der Waals surface area (Å²) in [4.78, 5) is 85.5. The number of aromatic nitrogens is 2. The van der Waals surface area contributed by atoms with Crippen LogP contribution in [0.2, 0.25) is 5.15 Å². The Labute approximate surface area is 314 Å². The highest BCUT2D eigenvalue weighted by Gasteiger charge is 2.45. The number of rotatable bonds is 7. The zero-order valence-electron chi connectivity index (χ0n) is 28.6. The fourth-order valence-electron chi connectivity index (χ4n) is 6.73. The number of carbonyl (C=O) groups excluding carboxylic acids is 6. The summed E-state index contributed by atoms with van der Waals surface area (Å²) >= 11 is 5.88. The summed E-state index contributed by atoms with van der Waals surface area (Å²) < 4.78 is 0. The Morgan fingerprint density at radius 2 is 1.52 bits per heavy atom. The van der Waals surface area contributed by atoms with Crippen molar-refractivity contribution in [3.05, 3.63) is 112 Å². The molecule has 2 aliphatic heterocycles. The number of imide groups is 2. The van der Waals surface area contributed by atoms with E-state index in [1.807, 2.05) is 0 Å². The molecule has 15 heteroatoms. The van der Waals surface area contributed by atoms with E-state index in [0.29, 0.717) is 59.6 Å². The Bertz CT molecular complexity index is 2260. The molecule has 5 N–H and O–H groups in total. The minimum absolute atomic E-state index is 0.00647. The van der Waals surface area contributed by atoms with Crippen molar-refractivity contribution in [1.29, 1.82) is 0 Å². The van der Waals surface area contributed by atoms with Crippen molar-refractivity contribution < 1.29 is 28.8 Å². The molecule has 14 nitrogen and oxygen atoms in total. The number of halogens is 1. The van der Waals surface area contributed by atoms with Gasteiger partial charge in [0, 0.05) is 59.1 Å². The lowest BCUT2D eigenvalue weighted by atomic mass is 9.90. The molecule has 0 spiro atoms. The molecule has 3 aliphatic rings. The molecule has 7 rings (SSSR count). The molecule has 1 atom stereocenters. The smallest absolute Gasteiger partial charge is 0.323 e. The molecule has 2 fully saturated rings. The predicted molar refractivity (Wildman–Crippen MR) is 199 cm³/mol. The molecule has 1 unspecified atom stereocenters. The summed E-state index contributed by atoms with van der Waals surface area (Å²) in [5.74, 6) is 3.60. The molecule has 54 heavy (non-hydrogen) atoms. The molecule has 1 saturated heterocycles. The van der Waals surface area contributed by atoms with Crippen LogP contribution in [0.25, 0.3) is 0 Å². The van der Waals surface area contributed by atoms with Crippen LogP contribution in [0, 0.1) is 11.8 Å². The minimum atomic E-state index is -1.03. The maximum absolute atomic E-state index is 13.5. The van der Waals surface area contributed by atoms with Gasteiger partial charge in [-0.15, -0.1) is 0 Å². The van der Waals surface area contributed by atoms with E-state index in [1.54, 1.807) is 60.7 Å². The van der Waals surface area contributed by atoms with E-state index in [2.05, 4.69) is 48.4 Å². The van der Waals surface area contributed by atoms with E-state index in [-0.39, 0.29) is 47.1 Å². The zero-order chi connectivity index (χ0) is 37.8. The number of urea groups is 1. The van der Waals surface area contributed by atoms with Gasteiger partial charge in [-0.1, -0.05) is 29.7 Å². The van der Waals surface area contributed by atoms with Crippen LogP contribution in [0.1, 0.15) is 80.9 Å². The van der Waals surface area contributed by atoms with Crippen molar-refractivity contribution in [3.63, 3.8) is 0 Å². The van der Waals surface area contributed by atoms with E-state index >= 15 is 0 Å². The summed E-state index contributed by atoms with van der Waals surface area (Å²) in [7, 11) is 0. The molecule has 4 aromatic rings. The van der Waals surface area contributed by atoms with Gasteiger partial charge in [0.25, 0.3) is 17.7 Å².